The maximum absolute atomic E-state index is 4.69. The molecule has 5 nitrogen and oxygen atoms in total. The predicted octanol–water partition coefficient (Wildman–Crippen LogP) is 11.4. The van der Waals surface area contributed by atoms with E-state index < -0.39 is 0 Å². The van der Waals surface area contributed by atoms with Gasteiger partial charge in [-0.1, -0.05) is 121 Å². The molecular formula is C52H37N5. The van der Waals surface area contributed by atoms with E-state index in [-0.39, 0.29) is 17.3 Å². The Labute approximate surface area is 330 Å². The van der Waals surface area contributed by atoms with Gasteiger partial charge in [-0.05, 0) is 88.1 Å². The third-order valence-corrected chi connectivity index (χ3v) is 12.7. The molecule has 3 aliphatic rings. The first-order valence-electron chi connectivity index (χ1n) is 19.8. The van der Waals surface area contributed by atoms with E-state index in [9.17, 15) is 0 Å². The first kappa shape index (κ1) is 32.0. The number of rotatable bonds is 5. The third kappa shape index (κ3) is 4.51. The number of nitrogens with zero attached hydrogens (tertiary/aromatic N) is 4. The lowest BCUT2D eigenvalue weighted by atomic mass is 9.63. The van der Waals surface area contributed by atoms with E-state index in [4.69, 9.17) is 4.98 Å². The molecule has 0 radical (unpaired) electrons. The van der Waals surface area contributed by atoms with E-state index in [1.807, 2.05) is 24.7 Å². The van der Waals surface area contributed by atoms with Crippen molar-refractivity contribution in [2.45, 2.75) is 17.9 Å². The van der Waals surface area contributed by atoms with E-state index in [2.05, 4.69) is 189 Å². The molecule has 57 heavy (non-hydrogen) atoms. The zero-order chi connectivity index (χ0) is 37.5. The molecule has 0 bridgehead atoms. The van der Waals surface area contributed by atoms with Gasteiger partial charge in [-0.2, -0.15) is 0 Å². The lowest BCUT2D eigenvalue weighted by Crippen LogP contribution is -2.34. The SMILES string of the molecule is C1=CC2c3c(ccc4c5c(n(-c6ccc(-c7ccc(-n8c9ccncc9c9ncccc98)cc7)cc6)c34)CNC=C5)C(c3ccccc3)(c3ccccc3)C2C=C1. The van der Waals surface area contributed by atoms with Gasteiger partial charge in [0.2, 0.25) is 0 Å². The van der Waals surface area contributed by atoms with Crippen LogP contribution in [0.1, 0.15) is 39.4 Å². The molecule has 1 aliphatic heterocycles. The molecule has 5 heterocycles. The summed E-state index contributed by atoms with van der Waals surface area (Å²) < 4.78 is 4.83. The van der Waals surface area contributed by atoms with Gasteiger partial charge in [-0.25, -0.2) is 0 Å². The largest absolute Gasteiger partial charge is 0.385 e. The lowest BCUT2D eigenvalue weighted by molar-refractivity contribution is 0.457. The van der Waals surface area contributed by atoms with Crippen LogP contribution in [0.5, 0.6) is 0 Å². The zero-order valence-corrected chi connectivity index (χ0v) is 31.1. The molecule has 5 aromatic carbocycles. The Kier molecular flexibility index (Phi) is 6.96. The Morgan fingerprint density at radius 1 is 0.614 bits per heavy atom. The summed E-state index contributed by atoms with van der Waals surface area (Å²) in [6.07, 6.45) is 19.4. The second kappa shape index (κ2) is 12.4. The summed E-state index contributed by atoms with van der Waals surface area (Å²) in [6, 6.07) is 51.4. The monoisotopic (exact) mass is 731 g/mol. The molecule has 2 atom stereocenters. The molecule has 0 spiro atoms. The molecule has 270 valence electrons. The molecule has 0 saturated heterocycles. The summed E-state index contributed by atoms with van der Waals surface area (Å²) in [7, 11) is 0. The fraction of sp³-hybridized carbons (Fsp3) is 0.0769. The standard InChI is InChI=1S/C52H37N5/c1-3-10-36(11-4-1)52(37-12-5-2-6-13-37)44-15-8-7-14-42(44)49-45(52)26-25-41-40-27-30-54-33-48(40)57(51(41)49)39-23-19-35(20-24-39)34-17-21-38(22-18-34)56-46-28-31-53-32-43(46)50-47(56)16-9-29-55-50/h1-32,42,44,54H,33H2. The normalized spacial score (nSPS) is 17.5. The molecule has 2 unspecified atom stereocenters. The first-order valence-corrected chi connectivity index (χ1v) is 19.8. The Bertz CT molecular complexity index is 3020. The van der Waals surface area contributed by atoms with Crippen molar-refractivity contribution in [3.05, 3.63) is 222 Å². The van der Waals surface area contributed by atoms with Crippen molar-refractivity contribution < 1.29 is 0 Å². The fourth-order valence-corrected chi connectivity index (χ4v) is 10.4. The summed E-state index contributed by atoms with van der Waals surface area (Å²) >= 11 is 0. The van der Waals surface area contributed by atoms with Crippen LogP contribution in [0, 0.1) is 5.92 Å². The van der Waals surface area contributed by atoms with Crippen LogP contribution in [0.4, 0.5) is 0 Å². The molecular weight excluding hydrogens is 695 g/mol. The van der Waals surface area contributed by atoms with E-state index >= 15 is 0 Å². The fourth-order valence-electron chi connectivity index (χ4n) is 10.4. The minimum absolute atomic E-state index is 0.209. The molecule has 4 aromatic heterocycles. The van der Waals surface area contributed by atoms with Crippen molar-refractivity contribution in [2.24, 2.45) is 5.92 Å². The number of hydrogen-bond donors (Lipinski definition) is 1. The molecule has 0 fully saturated rings. The highest BCUT2D eigenvalue weighted by molar-refractivity contribution is 6.06. The molecule has 9 aromatic rings. The van der Waals surface area contributed by atoms with Crippen LogP contribution in [0.15, 0.2) is 189 Å². The lowest BCUT2D eigenvalue weighted by Gasteiger charge is -2.38. The topological polar surface area (TPSA) is 47.7 Å². The van der Waals surface area contributed by atoms with Crippen LogP contribution in [0.25, 0.3) is 61.4 Å². The van der Waals surface area contributed by atoms with E-state index in [1.54, 1.807) is 0 Å². The highest BCUT2D eigenvalue weighted by atomic mass is 15.0. The first-order chi connectivity index (χ1) is 28.3. The number of fused-ring (bicyclic) bond motifs is 10. The van der Waals surface area contributed by atoms with Gasteiger partial charge >= 0.3 is 0 Å². The maximum Gasteiger partial charge on any atom is 0.0978 e. The molecule has 0 saturated carbocycles. The molecule has 12 rings (SSSR count). The van der Waals surface area contributed by atoms with Crippen molar-refractivity contribution >= 4 is 38.9 Å². The van der Waals surface area contributed by atoms with Gasteiger partial charge in [-0.15, -0.1) is 0 Å². The minimum Gasteiger partial charge on any atom is -0.385 e. The third-order valence-electron chi connectivity index (χ3n) is 12.7. The van der Waals surface area contributed by atoms with Gasteiger partial charge in [0.1, 0.15) is 0 Å². The van der Waals surface area contributed by atoms with Gasteiger partial charge in [-0.3, -0.25) is 9.97 Å². The molecule has 5 heteroatoms. The summed E-state index contributed by atoms with van der Waals surface area (Å²) in [6.45, 7) is 0.763. The zero-order valence-electron chi connectivity index (χ0n) is 31.1. The van der Waals surface area contributed by atoms with Gasteiger partial charge < -0.3 is 14.5 Å². The second-order valence-electron chi connectivity index (χ2n) is 15.4. The highest BCUT2D eigenvalue weighted by Crippen LogP contribution is 2.61. The van der Waals surface area contributed by atoms with Crippen LogP contribution in [0.3, 0.4) is 0 Å². The summed E-state index contributed by atoms with van der Waals surface area (Å²) in [5.74, 6) is 0.434. The van der Waals surface area contributed by atoms with Crippen LogP contribution < -0.4 is 5.32 Å². The Morgan fingerprint density at radius 2 is 1.32 bits per heavy atom. The van der Waals surface area contributed by atoms with Crippen LogP contribution in [0.2, 0.25) is 0 Å². The number of hydrogen-bond acceptors (Lipinski definition) is 3. The molecule has 1 N–H and O–H groups in total. The number of nitrogens with one attached hydrogen (secondary N) is 1. The smallest absolute Gasteiger partial charge is 0.0978 e. The second-order valence-corrected chi connectivity index (χ2v) is 15.4. The van der Waals surface area contributed by atoms with Crippen molar-refractivity contribution in [2.75, 3.05) is 0 Å². The number of pyridine rings is 2. The summed E-state index contributed by atoms with van der Waals surface area (Å²) in [5.41, 5.74) is 16.8. The quantitative estimate of drug-likeness (QED) is 0.192. The van der Waals surface area contributed by atoms with Crippen molar-refractivity contribution in [1.29, 1.82) is 0 Å². The molecule has 2 aliphatic carbocycles. The Hall–Kier alpha value is -7.24. The van der Waals surface area contributed by atoms with Crippen molar-refractivity contribution in [3.8, 4) is 22.5 Å². The van der Waals surface area contributed by atoms with Gasteiger partial charge in [0.05, 0.1) is 39.7 Å². The van der Waals surface area contributed by atoms with Crippen molar-refractivity contribution in [1.82, 2.24) is 24.4 Å². The number of aromatic nitrogens is 4. The van der Waals surface area contributed by atoms with Gasteiger partial charge in [0.25, 0.3) is 0 Å². The van der Waals surface area contributed by atoms with Crippen molar-refractivity contribution in [3.63, 3.8) is 0 Å². The van der Waals surface area contributed by atoms with Crippen LogP contribution >= 0.6 is 0 Å². The Balaban J connectivity index is 1.02. The maximum atomic E-state index is 4.69. The van der Waals surface area contributed by atoms with E-state index in [1.165, 1.54) is 61.2 Å². The van der Waals surface area contributed by atoms with E-state index in [0.29, 0.717) is 0 Å². The van der Waals surface area contributed by atoms with Crippen LogP contribution in [-0.2, 0) is 12.0 Å². The van der Waals surface area contributed by atoms with E-state index in [0.717, 1.165) is 34.2 Å². The minimum atomic E-state index is -0.343. The molecule has 0 amide bonds. The average molecular weight is 732 g/mol. The summed E-state index contributed by atoms with van der Waals surface area (Å²) in [4.78, 5) is 9.08. The summed E-state index contributed by atoms with van der Waals surface area (Å²) in [5, 5.41) is 5.90. The van der Waals surface area contributed by atoms with Crippen LogP contribution in [-0.4, -0.2) is 19.1 Å². The number of benzene rings is 5. The predicted molar refractivity (Wildman–Crippen MR) is 232 cm³/mol. The van der Waals surface area contributed by atoms with Gasteiger partial charge in [0, 0.05) is 58.1 Å². The highest BCUT2D eigenvalue weighted by Gasteiger charge is 2.54. The Morgan fingerprint density at radius 3 is 2.05 bits per heavy atom. The van der Waals surface area contributed by atoms with Gasteiger partial charge in [0.15, 0.2) is 0 Å². The average Bonchev–Trinajstić information content (AvgIpc) is 3.92. The number of allylic oxidation sites excluding steroid dienone is 4.